The van der Waals surface area contributed by atoms with Gasteiger partial charge in [0.15, 0.2) is 21.4 Å². The predicted octanol–water partition coefficient (Wildman–Crippen LogP) is 2.15. The standard InChI is InChI=1S/C15H18F3N3O3S/c1-10(19-2)7-13-20-14(24-21-13)8-11-3-5-12(6-4-11)25(22,23)9-15(16,17)18/h3-6,10,19H,7-9H2,1-2H3. The van der Waals surface area contributed by atoms with Crippen LogP contribution in [0, 0.1) is 0 Å². The number of halogens is 3. The summed E-state index contributed by atoms with van der Waals surface area (Å²) in [7, 11) is -2.58. The Hall–Kier alpha value is -1.94. The summed E-state index contributed by atoms with van der Waals surface area (Å²) < 4.78 is 65.4. The zero-order valence-corrected chi connectivity index (χ0v) is 14.5. The number of rotatable bonds is 7. The molecule has 0 fully saturated rings. The zero-order chi connectivity index (χ0) is 18.7. The Balaban J connectivity index is 2.06. The van der Waals surface area contributed by atoms with Crippen LogP contribution < -0.4 is 5.32 Å². The fourth-order valence-electron chi connectivity index (χ4n) is 2.11. The summed E-state index contributed by atoms with van der Waals surface area (Å²) in [5.41, 5.74) is 0.655. The van der Waals surface area contributed by atoms with Gasteiger partial charge in [0.1, 0.15) is 0 Å². The molecule has 0 aliphatic heterocycles. The fourth-order valence-corrected chi connectivity index (χ4v) is 3.26. The summed E-state index contributed by atoms with van der Waals surface area (Å²) >= 11 is 0. The van der Waals surface area contributed by atoms with Crippen LogP contribution in [0.3, 0.4) is 0 Å². The highest BCUT2D eigenvalue weighted by Crippen LogP contribution is 2.23. The van der Waals surface area contributed by atoms with Crippen LogP contribution >= 0.6 is 0 Å². The monoisotopic (exact) mass is 377 g/mol. The molecule has 1 heterocycles. The summed E-state index contributed by atoms with van der Waals surface area (Å²) in [4.78, 5) is 3.86. The van der Waals surface area contributed by atoms with Crippen molar-refractivity contribution in [1.29, 1.82) is 0 Å². The molecule has 10 heteroatoms. The molecular formula is C15H18F3N3O3S. The zero-order valence-electron chi connectivity index (χ0n) is 13.7. The highest BCUT2D eigenvalue weighted by atomic mass is 32.2. The molecule has 25 heavy (non-hydrogen) atoms. The van der Waals surface area contributed by atoms with Gasteiger partial charge >= 0.3 is 6.18 Å². The van der Waals surface area contributed by atoms with Crippen molar-refractivity contribution in [3.05, 3.63) is 41.5 Å². The van der Waals surface area contributed by atoms with Crippen LogP contribution in [0.1, 0.15) is 24.2 Å². The molecule has 1 aromatic carbocycles. The van der Waals surface area contributed by atoms with E-state index in [2.05, 4.69) is 15.5 Å². The fraction of sp³-hybridized carbons (Fsp3) is 0.467. The van der Waals surface area contributed by atoms with Crippen molar-refractivity contribution in [1.82, 2.24) is 15.5 Å². The van der Waals surface area contributed by atoms with Gasteiger partial charge in [-0.1, -0.05) is 17.3 Å². The number of nitrogens with zero attached hydrogens (tertiary/aromatic N) is 2. The third-order valence-corrected chi connectivity index (χ3v) is 5.18. The van der Waals surface area contributed by atoms with Crippen molar-refractivity contribution < 1.29 is 26.1 Å². The molecule has 2 aromatic rings. The molecule has 138 valence electrons. The summed E-state index contributed by atoms with van der Waals surface area (Å²) in [5, 5.41) is 6.90. The maximum Gasteiger partial charge on any atom is 0.403 e. The average molecular weight is 377 g/mol. The van der Waals surface area contributed by atoms with Gasteiger partial charge < -0.3 is 9.84 Å². The largest absolute Gasteiger partial charge is 0.403 e. The third-order valence-electron chi connectivity index (χ3n) is 3.48. The van der Waals surface area contributed by atoms with Crippen molar-refractivity contribution in [2.45, 2.75) is 36.9 Å². The lowest BCUT2D eigenvalue weighted by atomic mass is 10.1. The van der Waals surface area contributed by atoms with Crippen LogP contribution in [0.15, 0.2) is 33.7 Å². The van der Waals surface area contributed by atoms with Crippen LogP contribution in [-0.4, -0.2) is 43.6 Å². The van der Waals surface area contributed by atoms with Gasteiger partial charge in [0, 0.05) is 12.5 Å². The van der Waals surface area contributed by atoms with Crippen molar-refractivity contribution in [2.24, 2.45) is 0 Å². The maximum atomic E-state index is 12.3. The molecule has 0 aliphatic carbocycles. The van der Waals surface area contributed by atoms with Gasteiger partial charge in [-0.25, -0.2) is 8.42 Å². The number of sulfone groups is 1. The second kappa shape index (κ2) is 7.52. The van der Waals surface area contributed by atoms with Crippen LogP contribution in [-0.2, 0) is 22.7 Å². The average Bonchev–Trinajstić information content (AvgIpc) is 2.92. The number of benzene rings is 1. The molecule has 1 atom stereocenters. The van der Waals surface area contributed by atoms with E-state index >= 15 is 0 Å². The number of nitrogens with one attached hydrogen (secondary N) is 1. The van der Waals surface area contributed by atoms with Gasteiger partial charge in [-0.3, -0.25) is 0 Å². The van der Waals surface area contributed by atoms with Gasteiger partial charge in [0.2, 0.25) is 5.89 Å². The van der Waals surface area contributed by atoms with Crippen molar-refractivity contribution in [2.75, 3.05) is 12.8 Å². The number of hydrogen-bond donors (Lipinski definition) is 1. The first kappa shape index (κ1) is 19.4. The molecule has 0 amide bonds. The summed E-state index contributed by atoms with van der Waals surface area (Å²) in [6.07, 6.45) is -3.92. The maximum absolute atomic E-state index is 12.3. The molecule has 1 unspecified atom stereocenters. The SMILES string of the molecule is CNC(C)Cc1noc(Cc2ccc(S(=O)(=O)CC(F)(F)F)cc2)n1. The normalized spacial score (nSPS) is 13.8. The first-order valence-corrected chi connectivity index (χ1v) is 9.11. The minimum atomic E-state index is -4.78. The number of hydrogen-bond acceptors (Lipinski definition) is 6. The Kier molecular flexibility index (Phi) is 5.83. The Labute approximate surface area is 143 Å². The molecule has 0 saturated carbocycles. The van der Waals surface area contributed by atoms with Crippen LogP contribution in [0.2, 0.25) is 0 Å². The second-order valence-corrected chi connectivity index (χ2v) is 7.68. The lowest BCUT2D eigenvalue weighted by Crippen LogP contribution is -2.24. The Morgan fingerprint density at radius 3 is 2.44 bits per heavy atom. The van der Waals surface area contributed by atoms with Crippen molar-refractivity contribution in [3.8, 4) is 0 Å². The Morgan fingerprint density at radius 1 is 1.24 bits per heavy atom. The number of aromatic nitrogens is 2. The van der Waals surface area contributed by atoms with E-state index < -0.39 is 21.8 Å². The molecular weight excluding hydrogens is 359 g/mol. The quantitative estimate of drug-likeness (QED) is 0.796. The molecule has 0 saturated heterocycles. The third kappa shape index (κ3) is 5.82. The molecule has 0 bridgehead atoms. The summed E-state index contributed by atoms with van der Waals surface area (Å²) in [6.45, 7) is 1.97. The molecule has 1 aromatic heterocycles. The van der Waals surface area contributed by atoms with Crippen LogP contribution in [0.4, 0.5) is 13.2 Å². The van der Waals surface area contributed by atoms with Crippen molar-refractivity contribution in [3.63, 3.8) is 0 Å². The molecule has 0 aliphatic rings. The van der Waals surface area contributed by atoms with Crippen LogP contribution in [0.5, 0.6) is 0 Å². The van der Waals surface area contributed by atoms with Gasteiger partial charge in [-0.2, -0.15) is 18.2 Å². The summed E-state index contributed by atoms with van der Waals surface area (Å²) in [6, 6.07) is 5.35. The van der Waals surface area contributed by atoms with Gasteiger partial charge in [0.25, 0.3) is 0 Å². The molecule has 0 spiro atoms. The van der Waals surface area contributed by atoms with Crippen LogP contribution in [0.25, 0.3) is 0 Å². The van der Waals surface area contributed by atoms with E-state index in [0.717, 1.165) is 12.1 Å². The van der Waals surface area contributed by atoms with E-state index in [1.165, 1.54) is 12.1 Å². The first-order chi connectivity index (χ1) is 11.6. The van der Waals surface area contributed by atoms with E-state index in [1.54, 1.807) is 0 Å². The minimum Gasteiger partial charge on any atom is -0.339 e. The summed E-state index contributed by atoms with van der Waals surface area (Å²) in [5.74, 6) is -0.985. The van der Waals surface area contributed by atoms with E-state index in [-0.39, 0.29) is 17.4 Å². The lowest BCUT2D eigenvalue weighted by Gasteiger charge is -2.08. The Bertz CT molecular complexity index is 801. The number of alkyl halides is 3. The van der Waals surface area contributed by atoms with E-state index in [9.17, 15) is 21.6 Å². The molecule has 2 rings (SSSR count). The highest BCUT2D eigenvalue weighted by Gasteiger charge is 2.35. The second-order valence-electron chi connectivity index (χ2n) is 5.69. The lowest BCUT2D eigenvalue weighted by molar-refractivity contribution is -0.106. The topological polar surface area (TPSA) is 85.1 Å². The van der Waals surface area contributed by atoms with Crippen molar-refractivity contribution >= 4 is 9.84 Å². The molecule has 0 radical (unpaired) electrons. The predicted molar refractivity (Wildman–Crippen MR) is 83.9 cm³/mol. The Morgan fingerprint density at radius 2 is 1.88 bits per heavy atom. The van der Waals surface area contributed by atoms with Gasteiger partial charge in [-0.05, 0) is 31.7 Å². The van der Waals surface area contributed by atoms with E-state index in [1.807, 2.05) is 14.0 Å². The van der Waals surface area contributed by atoms with E-state index in [4.69, 9.17) is 4.52 Å². The number of likely N-dealkylation sites (N-methyl/N-ethyl adjacent to an activating group) is 1. The first-order valence-electron chi connectivity index (χ1n) is 7.46. The smallest absolute Gasteiger partial charge is 0.339 e. The van der Waals surface area contributed by atoms with Gasteiger partial charge in [0.05, 0.1) is 11.3 Å². The van der Waals surface area contributed by atoms with Gasteiger partial charge in [-0.15, -0.1) is 0 Å². The van der Waals surface area contributed by atoms with E-state index in [0.29, 0.717) is 23.7 Å². The molecule has 6 nitrogen and oxygen atoms in total. The molecule has 1 N–H and O–H groups in total. The highest BCUT2D eigenvalue weighted by molar-refractivity contribution is 7.91. The minimum absolute atomic E-state index is 0.184.